The van der Waals surface area contributed by atoms with Crippen molar-refractivity contribution < 1.29 is 9.18 Å². The van der Waals surface area contributed by atoms with E-state index in [-0.39, 0.29) is 23.5 Å². The fourth-order valence-electron chi connectivity index (χ4n) is 3.01. The average Bonchev–Trinajstić information content (AvgIpc) is 3.04. The van der Waals surface area contributed by atoms with Crippen LogP contribution in [0.15, 0.2) is 60.7 Å². The Morgan fingerprint density at radius 3 is 2.48 bits per heavy atom. The van der Waals surface area contributed by atoms with Crippen molar-refractivity contribution in [2.75, 3.05) is 20.6 Å². The van der Waals surface area contributed by atoms with E-state index in [1.165, 1.54) is 10.7 Å². The highest BCUT2D eigenvalue weighted by Crippen LogP contribution is 2.18. The van der Waals surface area contributed by atoms with E-state index in [1.807, 2.05) is 44.4 Å². The summed E-state index contributed by atoms with van der Waals surface area (Å²) in [6.45, 7) is 2.24. The second kappa shape index (κ2) is 8.14. The molecule has 3 rings (SSSR count). The zero-order valence-electron chi connectivity index (χ0n) is 15.7. The molecule has 0 radical (unpaired) electrons. The van der Waals surface area contributed by atoms with E-state index < -0.39 is 0 Å². The Bertz CT molecular complexity index is 921. The summed E-state index contributed by atoms with van der Waals surface area (Å²) in [7, 11) is 3.95. The van der Waals surface area contributed by atoms with Gasteiger partial charge in [-0.3, -0.25) is 4.79 Å². The van der Waals surface area contributed by atoms with Crippen molar-refractivity contribution in [3.8, 4) is 5.69 Å². The molecule has 2 aromatic carbocycles. The molecule has 140 valence electrons. The number of aryl methyl sites for hydroxylation is 1. The first-order chi connectivity index (χ1) is 13.0. The van der Waals surface area contributed by atoms with Gasteiger partial charge in [-0.05, 0) is 44.8 Å². The van der Waals surface area contributed by atoms with E-state index >= 15 is 0 Å². The normalized spacial score (nSPS) is 12.2. The molecule has 5 nitrogen and oxygen atoms in total. The maximum Gasteiger partial charge on any atom is 0.271 e. The third-order valence-corrected chi connectivity index (χ3v) is 4.46. The molecule has 0 aliphatic heterocycles. The Labute approximate surface area is 158 Å². The van der Waals surface area contributed by atoms with Gasteiger partial charge < -0.3 is 10.2 Å². The summed E-state index contributed by atoms with van der Waals surface area (Å²) < 4.78 is 15.5. The van der Waals surface area contributed by atoms with E-state index in [0.29, 0.717) is 17.9 Å². The molecule has 1 N–H and O–H groups in total. The number of nitrogens with one attached hydrogen (secondary N) is 1. The number of carbonyl (C=O) groups excluding carboxylic acids is 1. The van der Waals surface area contributed by atoms with Crippen molar-refractivity contribution in [2.24, 2.45) is 0 Å². The Balaban J connectivity index is 1.75. The molecule has 1 unspecified atom stereocenters. The highest BCUT2D eigenvalue weighted by Gasteiger charge is 2.18. The minimum Gasteiger partial charge on any atom is -0.349 e. The van der Waals surface area contributed by atoms with Crippen molar-refractivity contribution in [3.63, 3.8) is 0 Å². The van der Waals surface area contributed by atoms with Gasteiger partial charge in [-0.25, -0.2) is 9.07 Å². The highest BCUT2D eigenvalue weighted by atomic mass is 19.1. The lowest BCUT2D eigenvalue weighted by Crippen LogP contribution is -2.34. The van der Waals surface area contributed by atoms with Crippen LogP contribution in [0, 0.1) is 12.7 Å². The van der Waals surface area contributed by atoms with Gasteiger partial charge in [0.2, 0.25) is 0 Å². The van der Waals surface area contributed by atoms with E-state index in [4.69, 9.17) is 0 Å². The molecular formula is C21H23FN4O. The topological polar surface area (TPSA) is 50.2 Å². The Morgan fingerprint density at radius 1 is 1.15 bits per heavy atom. The maximum absolute atomic E-state index is 14.0. The molecule has 6 heteroatoms. The smallest absolute Gasteiger partial charge is 0.271 e. The minimum absolute atomic E-state index is 0.0462. The van der Waals surface area contributed by atoms with Crippen LogP contribution in [-0.4, -0.2) is 41.2 Å². The first-order valence-corrected chi connectivity index (χ1v) is 8.78. The first-order valence-electron chi connectivity index (χ1n) is 8.78. The van der Waals surface area contributed by atoms with E-state index in [9.17, 15) is 9.18 Å². The lowest BCUT2D eigenvalue weighted by molar-refractivity contribution is 0.0936. The SMILES string of the molecule is Cc1cc(C(=O)NCC(c2ccccc2)N(C)C)nn1-c1ccccc1F. The minimum atomic E-state index is -0.382. The number of hydrogen-bond donors (Lipinski definition) is 1. The molecule has 0 aliphatic rings. The predicted octanol–water partition coefficient (Wildman–Crippen LogP) is 3.35. The molecule has 0 saturated heterocycles. The Morgan fingerprint density at radius 2 is 1.81 bits per heavy atom. The number of likely N-dealkylation sites (N-methyl/N-ethyl adjacent to an activating group) is 1. The van der Waals surface area contributed by atoms with Crippen LogP contribution < -0.4 is 5.32 Å². The van der Waals surface area contributed by atoms with Gasteiger partial charge in [0.05, 0.1) is 6.04 Å². The quantitative estimate of drug-likeness (QED) is 0.728. The Hall–Kier alpha value is -2.99. The van der Waals surface area contributed by atoms with Gasteiger partial charge in [-0.2, -0.15) is 5.10 Å². The van der Waals surface area contributed by atoms with Crippen LogP contribution in [0.4, 0.5) is 4.39 Å². The summed E-state index contributed by atoms with van der Waals surface area (Å²) >= 11 is 0. The third-order valence-electron chi connectivity index (χ3n) is 4.46. The predicted molar refractivity (Wildman–Crippen MR) is 103 cm³/mol. The molecule has 27 heavy (non-hydrogen) atoms. The monoisotopic (exact) mass is 366 g/mol. The lowest BCUT2D eigenvalue weighted by atomic mass is 10.1. The number of hydrogen-bond acceptors (Lipinski definition) is 3. The molecule has 1 aromatic heterocycles. The third kappa shape index (κ3) is 4.23. The standard InChI is InChI=1S/C21H23FN4O/c1-15-13-18(24-26(15)19-12-8-7-11-17(19)22)21(27)23-14-20(25(2)3)16-9-5-4-6-10-16/h4-13,20H,14H2,1-3H3,(H,23,27). The van der Waals surface area contributed by atoms with Gasteiger partial charge in [0.15, 0.2) is 5.69 Å². The van der Waals surface area contributed by atoms with Crippen LogP contribution in [-0.2, 0) is 0 Å². The van der Waals surface area contributed by atoms with E-state index in [0.717, 1.165) is 5.56 Å². The van der Waals surface area contributed by atoms with Crippen LogP contribution in [0.1, 0.15) is 27.8 Å². The van der Waals surface area contributed by atoms with Gasteiger partial charge in [-0.15, -0.1) is 0 Å². The lowest BCUT2D eigenvalue weighted by Gasteiger charge is -2.24. The van der Waals surface area contributed by atoms with Gasteiger partial charge in [0, 0.05) is 12.2 Å². The number of aromatic nitrogens is 2. The highest BCUT2D eigenvalue weighted by molar-refractivity contribution is 5.92. The molecule has 0 bridgehead atoms. The van der Waals surface area contributed by atoms with Crippen molar-refractivity contribution in [1.82, 2.24) is 20.0 Å². The van der Waals surface area contributed by atoms with Gasteiger partial charge in [0.1, 0.15) is 11.5 Å². The Kier molecular flexibility index (Phi) is 5.66. The molecule has 3 aromatic rings. The molecule has 0 spiro atoms. The zero-order valence-corrected chi connectivity index (χ0v) is 15.7. The summed E-state index contributed by atoms with van der Waals surface area (Å²) in [5.74, 6) is -0.664. The molecule has 1 atom stereocenters. The largest absolute Gasteiger partial charge is 0.349 e. The molecular weight excluding hydrogens is 343 g/mol. The number of carbonyl (C=O) groups is 1. The van der Waals surface area contributed by atoms with Crippen LogP contribution in [0.25, 0.3) is 5.69 Å². The molecule has 0 saturated carbocycles. The number of halogens is 1. The molecule has 0 fully saturated rings. The summed E-state index contributed by atoms with van der Waals surface area (Å²) in [5.41, 5.74) is 2.40. The summed E-state index contributed by atoms with van der Waals surface area (Å²) in [4.78, 5) is 14.6. The van der Waals surface area contributed by atoms with E-state index in [2.05, 4.69) is 15.3 Å². The summed E-state index contributed by atoms with van der Waals surface area (Å²) in [6.07, 6.45) is 0. The van der Waals surface area contributed by atoms with Crippen LogP contribution in [0.2, 0.25) is 0 Å². The fourth-order valence-corrected chi connectivity index (χ4v) is 3.01. The second-order valence-electron chi connectivity index (χ2n) is 6.63. The number of nitrogens with zero attached hydrogens (tertiary/aromatic N) is 3. The number of amides is 1. The average molecular weight is 366 g/mol. The maximum atomic E-state index is 14.0. The van der Waals surface area contributed by atoms with E-state index in [1.54, 1.807) is 31.2 Å². The van der Waals surface area contributed by atoms with Gasteiger partial charge >= 0.3 is 0 Å². The number of para-hydroxylation sites is 1. The van der Waals surface area contributed by atoms with Crippen molar-refractivity contribution in [3.05, 3.63) is 83.4 Å². The van der Waals surface area contributed by atoms with Crippen molar-refractivity contribution in [2.45, 2.75) is 13.0 Å². The summed E-state index contributed by atoms with van der Waals surface area (Å²) in [6, 6.07) is 18.1. The van der Waals surface area contributed by atoms with Gasteiger partial charge in [-0.1, -0.05) is 42.5 Å². The molecule has 1 amide bonds. The number of benzene rings is 2. The van der Waals surface area contributed by atoms with Crippen molar-refractivity contribution >= 4 is 5.91 Å². The van der Waals surface area contributed by atoms with Crippen molar-refractivity contribution in [1.29, 1.82) is 0 Å². The number of rotatable bonds is 6. The van der Waals surface area contributed by atoms with Crippen LogP contribution in [0.5, 0.6) is 0 Å². The first kappa shape index (κ1) is 18.8. The van der Waals surface area contributed by atoms with Crippen LogP contribution >= 0.6 is 0 Å². The summed E-state index contributed by atoms with van der Waals surface area (Å²) in [5, 5.41) is 7.22. The molecule has 1 heterocycles. The fraction of sp³-hybridized carbons (Fsp3) is 0.238. The zero-order chi connectivity index (χ0) is 19.4. The second-order valence-corrected chi connectivity index (χ2v) is 6.63. The van der Waals surface area contributed by atoms with Gasteiger partial charge in [0.25, 0.3) is 5.91 Å². The molecule has 0 aliphatic carbocycles. The van der Waals surface area contributed by atoms with Crippen LogP contribution in [0.3, 0.4) is 0 Å².